The number of nitriles is 1. The standard InChI is InChI=1S/C19H20N4O/c1-13-6-14(8-20)9-22-19(13)23-4-2-18-17(11-23)7-16(10-21-18)15-3-5-24-12-15/h6-7,9-10,15H,2-5,11-12H2,1H3. The van der Waals surface area contributed by atoms with Crippen LogP contribution >= 0.6 is 0 Å². The van der Waals surface area contributed by atoms with Gasteiger partial charge in [-0.05, 0) is 36.1 Å². The van der Waals surface area contributed by atoms with E-state index in [0.29, 0.717) is 11.5 Å². The summed E-state index contributed by atoms with van der Waals surface area (Å²) in [6.07, 6.45) is 5.69. The van der Waals surface area contributed by atoms with Gasteiger partial charge in [-0.25, -0.2) is 4.98 Å². The van der Waals surface area contributed by atoms with E-state index in [1.54, 1.807) is 6.20 Å². The zero-order valence-electron chi connectivity index (χ0n) is 13.8. The first-order chi connectivity index (χ1) is 11.7. The molecule has 5 nitrogen and oxygen atoms in total. The fourth-order valence-electron chi connectivity index (χ4n) is 3.61. The number of hydrogen-bond donors (Lipinski definition) is 0. The first kappa shape index (κ1) is 15.1. The number of aryl methyl sites for hydroxylation is 1. The van der Waals surface area contributed by atoms with E-state index < -0.39 is 0 Å². The number of fused-ring (bicyclic) bond motifs is 1. The van der Waals surface area contributed by atoms with E-state index >= 15 is 0 Å². The third-order valence-electron chi connectivity index (χ3n) is 4.94. The Kier molecular flexibility index (Phi) is 3.91. The number of nitrogens with zero attached hydrogens (tertiary/aromatic N) is 4. The molecule has 2 aromatic heterocycles. The van der Waals surface area contributed by atoms with Crippen molar-refractivity contribution in [2.75, 3.05) is 24.7 Å². The van der Waals surface area contributed by atoms with E-state index in [-0.39, 0.29) is 0 Å². The molecule has 0 amide bonds. The summed E-state index contributed by atoms with van der Waals surface area (Å²) < 4.78 is 5.51. The Labute approximate surface area is 141 Å². The maximum Gasteiger partial charge on any atom is 0.131 e. The molecule has 24 heavy (non-hydrogen) atoms. The van der Waals surface area contributed by atoms with Crippen molar-refractivity contribution >= 4 is 5.82 Å². The SMILES string of the molecule is Cc1cc(C#N)cnc1N1CCc2ncc(C3CCOC3)cc2C1. The Balaban J connectivity index is 1.60. The zero-order valence-corrected chi connectivity index (χ0v) is 13.8. The highest BCUT2D eigenvalue weighted by molar-refractivity contribution is 5.51. The van der Waals surface area contributed by atoms with Crippen LogP contribution in [0.1, 0.15) is 40.3 Å². The molecule has 1 unspecified atom stereocenters. The summed E-state index contributed by atoms with van der Waals surface area (Å²) in [5, 5.41) is 9.01. The molecule has 0 aromatic carbocycles. The molecule has 0 N–H and O–H groups in total. The maximum atomic E-state index is 9.01. The average molecular weight is 320 g/mol. The third kappa shape index (κ3) is 2.74. The van der Waals surface area contributed by atoms with Crippen molar-refractivity contribution in [1.29, 1.82) is 5.26 Å². The second kappa shape index (κ2) is 6.21. The highest BCUT2D eigenvalue weighted by atomic mass is 16.5. The molecule has 5 heteroatoms. The molecule has 2 aliphatic heterocycles. The molecule has 1 saturated heterocycles. The molecule has 1 atom stereocenters. The largest absolute Gasteiger partial charge is 0.381 e. The van der Waals surface area contributed by atoms with Gasteiger partial charge in [0.05, 0.1) is 12.2 Å². The minimum atomic E-state index is 0.480. The summed E-state index contributed by atoms with van der Waals surface area (Å²) in [6.45, 7) is 5.40. The lowest BCUT2D eigenvalue weighted by Crippen LogP contribution is -2.32. The van der Waals surface area contributed by atoms with Crippen LogP contribution in [-0.4, -0.2) is 29.7 Å². The van der Waals surface area contributed by atoms with Gasteiger partial charge in [-0.3, -0.25) is 4.98 Å². The summed E-state index contributed by atoms with van der Waals surface area (Å²) in [5.41, 5.74) is 5.43. The molecule has 0 radical (unpaired) electrons. The molecule has 4 rings (SSSR count). The van der Waals surface area contributed by atoms with Crippen molar-refractivity contribution < 1.29 is 4.74 Å². The molecule has 0 spiro atoms. The van der Waals surface area contributed by atoms with Crippen LogP contribution in [0.15, 0.2) is 24.5 Å². The van der Waals surface area contributed by atoms with E-state index in [2.05, 4.69) is 22.0 Å². The molecule has 2 aliphatic rings. The lowest BCUT2D eigenvalue weighted by Gasteiger charge is -2.30. The number of aromatic nitrogens is 2. The number of pyridine rings is 2. The van der Waals surface area contributed by atoms with Crippen LogP contribution < -0.4 is 4.90 Å². The summed E-state index contributed by atoms with van der Waals surface area (Å²) in [4.78, 5) is 11.5. The maximum absolute atomic E-state index is 9.01. The number of ether oxygens (including phenoxy) is 1. The number of rotatable bonds is 2. The Hall–Kier alpha value is -2.45. The van der Waals surface area contributed by atoms with Crippen molar-refractivity contribution in [3.63, 3.8) is 0 Å². The van der Waals surface area contributed by atoms with Gasteiger partial charge in [0.15, 0.2) is 0 Å². The molecule has 4 heterocycles. The summed E-state index contributed by atoms with van der Waals surface area (Å²) >= 11 is 0. The van der Waals surface area contributed by atoms with Crippen LogP contribution in [0.5, 0.6) is 0 Å². The highest BCUT2D eigenvalue weighted by Crippen LogP contribution is 2.29. The van der Waals surface area contributed by atoms with Crippen molar-refractivity contribution in [1.82, 2.24) is 9.97 Å². The second-order valence-electron chi connectivity index (χ2n) is 6.58. The van der Waals surface area contributed by atoms with Gasteiger partial charge in [0.25, 0.3) is 0 Å². The second-order valence-corrected chi connectivity index (χ2v) is 6.58. The third-order valence-corrected chi connectivity index (χ3v) is 4.94. The fourth-order valence-corrected chi connectivity index (χ4v) is 3.61. The first-order valence-electron chi connectivity index (χ1n) is 8.41. The normalized spacial score (nSPS) is 19.8. The highest BCUT2D eigenvalue weighted by Gasteiger charge is 2.23. The van der Waals surface area contributed by atoms with Gasteiger partial charge in [-0.2, -0.15) is 5.26 Å². The lowest BCUT2D eigenvalue weighted by molar-refractivity contribution is 0.194. The lowest BCUT2D eigenvalue weighted by atomic mass is 9.96. The molecule has 0 bridgehead atoms. The van der Waals surface area contributed by atoms with E-state index in [4.69, 9.17) is 15.0 Å². The van der Waals surface area contributed by atoms with E-state index in [1.807, 2.05) is 19.2 Å². The molecular formula is C19H20N4O. The first-order valence-corrected chi connectivity index (χ1v) is 8.41. The van der Waals surface area contributed by atoms with Crippen molar-refractivity contribution in [3.05, 3.63) is 52.5 Å². The van der Waals surface area contributed by atoms with Gasteiger partial charge < -0.3 is 9.64 Å². The molecule has 2 aromatic rings. The summed E-state index contributed by atoms with van der Waals surface area (Å²) in [6, 6.07) is 6.35. The van der Waals surface area contributed by atoms with Crippen LogP contribution in [0.25, 0.3) is 0 Å². The molecule has 1 fully saturated rings. The van der Waals surface area contributed by atoms with Crippen LogP contribution in [0, 0.1) is 18.3 Å². The predicted molar refractivity (Wildman–Crippen MR) is 90.9 cm³/mol. The zero-order chi connectivity index (χ0) is 16.5. The van der Waals surface area contributed by atoms with Gasteiger partial charge in [-0.15, -0.1) is 0 Å². The monoisotopic (exact) mass is 320 g/mol. The van der Waals surface area contributed by atoms with Crippen molar-refractivity contribution in [3.8, 4) is 6.07 Å². The van der Waals surface area contributed by atoms with Gasteiger partial charge >= 0.3 is 0 Å². The predicted octanol–water partition coefficient (Wildman–Crippen LogP) is 2.72. The molecule has 0 aliphatic carbocycles. The smallest absolute Gasteiger partial charge is 0.131 e. The summed E-state index contributed by atoms with van der Waals surface area (Å²) in [5.74, 6) is 1.45. The summed E-state index contributed by atoms with van der Waals surface area (Å²) in [7, 11) is 0. The van der Waals surface area contributed by atoms with Gasteiger partial charge in [0.2, 0.25) is 0 Å². The molecule has 122 valence electrons. The quantitative estimate of drug-likeness (QED) is 0.851. The minimum absolute atomic E-state index is 0.480. The van der Waals surface area contributed by atoms with Gasteiger partial charge in [-0.1, -0.05) is 6.07 Å². The van der Waals surface area contributed by atoms with Crippen LogP contribution in [0.4, 0.5) is 5.82 Å². The van der Waals surface area contributed by atoms with Crippen LogP contribution in [0.3, 0.4) is 0 Å². The Bertz CT molecular complexity index is 805. The van der Waals surface area contributed by atoms with E-state index in [1.165, 1.54) is 16.8 Å². The van der Waals surface area contributed by atoms with Crippen molar-refractivity contribution in [2.24, 2.45) is 0 Å². The van der Waals surface area contributed by atoms with Gasteiger partial charge in [0, 0.05) is 50.1 Å². The topological polar surface area (TPSA) is 62.0 Å². The Morgan fingerprint density at radius 1 is 1.29 bits per heavy atom. The Morgan fingerprint density at radius 2 is 2.21 bits per heavy atom. The molecule has 0 saturated carbocycles. The van der Waals surface area contributed by atoms with E-state index in [0.717, 1.165) is 50.5 Å². The minimum Gasteiger partial charge on any atom is -0.381 e. The molecular weight excluding hydrogens is 300 g/mol. The fraction of sp³-hybridized carbons (Fsp3) is 0.421. The average Bonchev–Trinajstić information content (AvgIpc) is 3.15. The van der Waals surface area contributed by atoms with Gasteiger partial charge in [0.1, 0.15) is 11.9 Å². The van der Waals surface area contributed by atoms with Crippen LogP contribution in [-0.2, 0) is 17.7 Å². The number of anilines is 1. The van der Waals surface area contributed by atoms with Crippen LogP contribution in [0.2, 0.25) is 0 Å². The number of hydrogen-bond acceptors (Lipinski definition) is 5. The Morgan fingerprint density at radius 3 is 2.96 bits per heavy atom. The van der Waals surface area contributed by atoms with Crippen molar-refractivity contribution in [2.45, 2.75) is 32.2 Å². The van der Waals surface area contributed by atoms with E-state index in [9.17, 15) is 0 Å².